The first-order valence-corrected chi connectivity index (χ1v) is 5.32. The van der Waals surface area contributed by atoms with E-state index in [2.05, 4.69) is 20.9 Å². The third-order valence-corrected chi connectivity index (χ3v) is 2.43. The topological polar surface area (TPSA) is 50.2 Å². The number of aromatic nitrogens is 1. The smallest absolute Gasteiger partial charge is 0.307 e. The van der Waals surface area contributed by atoms with E-state index in [4.69, 9.17) is 5.11 Å². The summed E-state index contributed by atoms with van der Waals surface area (Å²) >= 11 is 2.95. The standard InChI is InChI=1S/C9H7BrF3NO2/c10-3-6-4(2-8(15)16)5(9(12)13)1-7(11)14-6/h1,9H,2-3H2,(H,15,16). The number of halogens is 4. The van der Waals surface area contributed by atoms with Gasteiger partial charge in [0.25, 0.3) is 6.43 Å². The molecule has 7 heteroatoms. The molecule has 0 spiro atoms. The van der Waals surface area contributed by atoms with Gasteiger partial charge in [0.15, 0.2) is 0 Å². The van der Waals surface area contributed by atoms with E-state index in [0.29, 0.717) is 6.07 Å². The lowest BCUT2D eigenvalue weighted by atomic mass is 10.0. The largest absolute Gasteiger partial charge is 0.481 e. The molecule has 0 saturated heterocycles. The summed E-state index contributed by atoms with van der Waals surface area (Å²) in [6, 6.07) is 0.565. The molecule has 0 saturated carbocycles. The van der Waals surface area contributed by atoms with Crippen molar-refractivity contribution in [1.29, 1.82) is 0 Å². The zero-order valence-corrected chi connectivity index (χ0v) is 9.47. The molecule has 0 aromatic carbocycles. The quantitative estimate of drug-likeness (QED) is 0.687. The lowest BCUT2D eigenvalue weighted by Crippen LogP contribution is -2.10. The highest BCUT2D eigenvalue weighted by molar-refractivity contribution is 9.08. The SMILES string of the molecule is O=C(O)Cc1c(C(F)F)cc(F)nc1CBr. The normalized spacial score (nSPS) is 10.8. The molecule has 0 radical (unpaired) electrons. The van der Waals surface area contributed by atoms with Crippen molar-refractivity contribution in [2.75, 3.05) is 0 Å². The predicted octanol–water partition coefficient (Wildman–Crippen LogP) is 2.68. The first-order valence-electron chi connectivity index (χ1n) is 4.19. The van der Waals surface area contributed by atoms with E-state index in [1.54, 1.807) is 0 Å². The number of pyridine rings is 1. The van der Waals surface area contributed by atoms with Crippen molar-refractivity contribution in [3.05, 3.63) is 28.8 Å². The monoisotopic (exact) mass is 297 g/mol. The lowest BCUT2D eigenvalue weighted by Gasteiger charge is -2.10. The highest BCUT2D eigenvalue weighted by Gasteiger charge is 2.20. The van der Waals surface area contributed by atoms with Crippen molar-refractivity contribution in [3.8, 4) is 0 Å². The van der Waals surface area contributed by atoms with Crippen LogP contribution in [0.2, 0.25) is 0 Å². The van der Waals surface area contributed by atoms with Gasteiger partial charge >= 0.3 is 5.97 Å². The Morgan fingerprint density at radius 3 is 2.62 bits per heavy atom. The number of aliphatic carboxylic acids is 1. The van der Waals surface area contributed by atoms with Crippen molar-refractivity contribution in [2.24, 2.45) is 0 Å². The predicted molar refractivity (Wildman–Crippen MR) is 53.1 cm³/mol. The summed E-state index contributed by atoms with van der Waals surface area (Å²) in [6.07, 6.45) is -3.53. The maximum Gasteiger partial charge on any atom is 0.307 e. The maximum absolute atomic E-state index is 12.9. The molecule has 1 N–H and O–H groups in total. The van der Waals surface area contributed by atoms with Crippen molar-refractivity contribution in [3.63, 3.8) is 0 Å². The molecule has 88 valence electrons. The third-order valence-electron chi connectivity index (χ3n) is 1.90. The Kier molecular flexibility index (Phi) is 4.28. The maximum atomic E-state index is 12.9. The van der Waals surface area contributed by atoms with Crippen LogP contribution in [0, 0.1) is 5.95 Å². The van der Waals surface area contributed by atoms with Crippen LogP contribution >= 0.6 is 15.9 Å². The molecule has 0 aliphatic carbocycles. The average Bonchev–Trinajstić information content (AvgIpc) is 2.19. The Hall–Kier alpha value is -1.11. The van der Waals surface area contributed by atoms with E-state index in [1.165, 1.54) is 0 Å². The van der Waals surface area contributed by atoms with Crippen LogP contribution < -0.4 is 0 Å². The van der Waals surface area contributed by atoms with E-state index in [1.807, 2.05) is 0 Å². The molecule has 0 unspecified atom stereocenters. The summed E-state index contributed by atoms with van der Waals surface area (Å²) in [5.41, 5.74) is -0.775. The van der Waals surface area contributed by atoms with E-state index >= 15 is 0 Å². The van der Waals surface area contributed by atoms with Gasteiger partial charge < -0.3 is 5.11 Å². The van der Waals surface area contributed by atoms with Gasteiger partial charge in [0.1, 0.15) is 0 Å². The van der Waals surface area contributed by atoms with Gasteiger partial charge in [0.05, 0.1) is 12.1 Å². The Morgan fingerprint density at radius 1 is 1.56 bits per heavy atom. The summed E-state index contributed by atoms with van der Waals surface area (Å²) in [6.45, 7) is 0. The van der Waals surface area contributed by atoms with Crippen LogP contribution in [0.25, 0.3) is 0 Å². The van der Waals surface area contributed by atoms with Crippen molar-refractivity contribution < 1.29 is 23.1 Å². The van der Waals surface area contributed by atoms with Crippen LogP contribution in [0.1, 0.15) is 23.2 Å². The second kappa shape index (κ2) is 5.29. The molecule has 0 fully saturated rings. The molecule has 0 aliphatic heterocycles. The van der Waals surface area contributed by atoms with Crippen LogP contribution in [0.5, 0.6) is 0 Å². The van der Waals surface area contributed by atoms with Crippen LogP contribution in [0.15, 0.2) is 6.07 Å². The summed E-state index contributed by atoms with van der Waals surface area (Å²) in [5, 5.41) is 8.60. The molecule has 1 heterocycles. The molecule has 3 nitrogen and oxygen atoms in total. The molecule has 0 amide bonds. The summed E-state index contributed by atoms with van der Waals surface area (Å²) in [4.78, 5) is 13.9. The number of nitrogens with zero attached hydrogens (tertiary/aromatic N) is 1. The molecular formula is C9H7BrF3NO2. The Labute approximate surface area is 97.4 Å². The Bertz CT molecular complexity index is 412. The van der Waals surface area contributed by atoms with Crippen LogP contribution in [-0.4, -0.2) is 16.1 Å². The van der Waals surface area contributed by atoms with Crippen LogP contribution in [0.4, 0.5) is 13.2 Å². The van der Waals surface area contributed by atoms with Crippen molar-refractivity contribution in [2.45, 2.75) is 18.2 Å². The first kappa shape index (κ1) is 13.0. The highest BCUT2D eigenvalue weighted by Crippen LogP contribution is 2.27. The van der Waals surface area contributed by atoms with Crippen LogP contribution in [0.3, 0.4) is 0 Å². The van der Waals surface area contributed by atoms with Gasteiger partial charge in [-0.3, -0.25) is 4.79 Å². The summed E-state index contributed by atoms with van der Waals surface area (Å²) in [7, 11) is 0. The third kappa shape index (κ3) is 2.94. The van der Waals surface area contributed by atoms with E-state index in [9.17, 15) is 18.0 Å². The molecule has 0 bridgehead atoms. The van der Waals surface area contributed by atoms with Crippen molar-refractivity contribution >= 4 is 21.9 Å². The van der Waals surface area contributed by atoms with Gasteiger partial charge in [-0.2, -0.15) is 4.39 Å². The van der Waals surface area contributed by atoms with E-state index in [-0.39, 0.29) is 16.6 Å². The van der Waals surface area contributed by atoms with Gasteiger partial charge in [-0.05, 0) is 5.56 Å². The molecule has 0 atom stereocenters. The van der Waals surface area contributed by atoms with Crippen LogP contribution in [-0.2, 0) is 16.5 Å². The second-order valence-electron chi connectivity index (χ2n) is 2.96. The summed E-state index contributed by atoms with van der Waals surface area (Å²) < 4.78 is 38.0. The van der Waals surface area contributed by atoms with E-state index in [0.717, 1.165) is 0 Å². The zero-order chi connectivity index (χ0) is 12.3. The Balaban J connectivity index is 3.32. The van der Waals surface area contributed by atoms with Gasteiger partial charge in [-0.25, -0.2) is 13.8 Å². The number of carbonyl (C=O) groups is 1. The minimum atomic E-state index is -2.93. The molecular weight excluding hydrogens is 291 g/mol. The lowest BCUT2D eigenvalue weighted by molar-refractivity contribution is -0.136. The average molecular weight is 298 g/mol. The highest BCUT2D eigenvalue weighted by atomic mass is 79.9. The molecule has 16 heavy (non-hydrogen) atoms. The minimum absolute atomic E-state index is 0.0160. The first-order chi connectivity index (χ1) is 7.45. The zero-order valence-electron chi connectivity index (χ0n) is 7.88. The molecule has 1 aromatic heterocycles. The number of hydrogen-bond acceptors (Lipinski definition) is 2. The fraction of sp³-hybridized carbons (Fsp3) is 0.333. The van der Waals surface area contributed by atoms with Gasteiger partial charge in [0.2, 0.25) is 5.95 Å². The number of carboxylic acid groups (broad SMARTS) is 1. The number of carboxylic acids is 1. The fourth-order valence-electron chi connectivity index (χ4n) is 1.27. The summed E-state index contributed by atoms with van der Waals surface area (Å²) in [5.74, 6) is -2.31. The second-order valence-corrected chi connectivity index (χ2v) is 3.53. The number of alkyl halides is 3. The van der Waals surface area contributed by atoms with Gasteiger partial charge in [0, 0.05) is 17.0 Å². The number of hydrogen-bond donors (Lipinski definition) is 1. The fourth-order valence-corrected chi connectivity index (χ4v) is 1.74. The number of rotatable bonds is 4. The minimum Gasteiger partial charge on any atom is -0.481 e. The van der Waals surface area contributed by atoms with Crippen molar-refractivity contribution in [1.82, 2.24) is 4.98 Å². The molecule has 1 rings (SSSR count). The molecule has 1 aromatic rings. The molecule has 0 aliphatic rings. The Morgan fingerprint density at radius 2 is 2.19 bits per heavy atom. The van der Waals surface area contributed by atoms with E-state index < -0.39 is 30.3 Å². The van der Waals surface area contributed by atoms with Gasteiger partial charge in [-0.1, -0.05) is 15.9 Å². The van der Waals surface area contributed by atoms with Gasteiger partial charge in [-0.15, -0.1) is 0 Å².